The van der Waals surface area contributed by atoms with E-state index < -0.39 is 32.6 Å². The Balaban J connectivity index is 3.21. The fourth-order valence-electron chi connectivity index (χ4n) is 0.769. The zero-order chi connectivity index (χ0) is 10.9. The average molecular weight is 219 g/mol. The lowest BCUT2D eigenvalue weighted by Crippen LogP contribution is -2.10. The number of carboxylic acids is 1. The van der Waals surface area contributed by atoms with Crippen molar-refractivity contribution in [1.82, 2.24) is 0 Å². The van der Waals surface area contributed by atoms with Crippen LogP contribution in [0.5, 0.6) is 0 Å². The van der Waals surface area contributed by atoms with Crippen LogP contribution in [0, 0.1) is 0 Å². The number of carbonyl (C=O) groups is 2. The minimum absolute atomic E-state index is 0.656. The van der Waals surface area contributed by atoms with Gasteiger partial charge in [0.2, 0.25) is 0 Å². The van der Waals surface area contributed by atoms with Gasteiger partial charge in [-0.05, 0) is 0 Å². The van der Waals surface area contributed by atoms with Gasteiger partial charge >= 0.3 is 11.9 Å². The van der Waals surface area contributed by atoms with Crippen LogP contribution in [0.2, 0.25) is 0 Å². The van der Waals surface area contributed by atoms with Gasteiger partial charge in [-0.2, -0.15) is 12.8 Å². The lowest BCUT2D eigenvalue weighted by molar-refractivity contribution is -0.135. The third kappa shape index (κ3) is 1.64. The summed E-state index contributed by atoms with van der Waals surface area (Å²) in [7, 11) is -3.22. The molecule has 0 atom stereocenters. The molecule has 0 saturated carbocycles. The van der Waals surface area contributed by atoms with Crippen LogP contribution < -0.4 is 0 Å². The largest absolute Gasteiger partial charge is 0.476 e. The van der Waals surface area contributed by atoms with E-state index in [0.29, 0.717) is 6.08 Å². The number of nitrogens with zero attached hydrogens (tertiary/aromatic N) is 1. The second-order valence-electron chi connectivity index (χ2n) is 2.26. The molecule has 0 spiro atoms. The van der Waals surface area contributed by atoms with Crippen molar-refractivity contribution < 1.29 is 27.9 Å². The lowest BCUT2D eigenvalue weighted by Gasteiger charge is -1.95. The fraction of sp³-hybridized carbons (Fsp3) is 0.167. The molecule has 8 heteroatoms. The molecular weight excluding hydrogens is 214 g/mol. The van der Waals surface area contributed by atoms with Gasteiger partial charge in [-0.15, -0.1) is 0 Å². The summed E-state index contributed by atoms with van der Waals surface area (Å²) in [6.45, 7) is 0. The highest BCUT2D eigenvalue weighted by Crippen LogP contribution is 2.17. The maximum Gasteiger partial charge on any atom is 0.355 e. The molecule has 0 saturated heterocycles. The Kier molecular flexibility index (Phi) is 2.39. The number of rotatable bonds is 2. The molecule has 1 N–H and O–H groups in total. The zero-order valence-corrected chi connectivity index (χ0v) is 7.74. The molecule has 0 radical (unpaired) electrons. The first-order valence-corrected chi connectivity index (χ1v) is 4.71. The summed E-state index contributed by atoms with van der Waals surface area (Å²) in [5, 5.41) is 8.43. The quantitative estimate of drug-likeness (QED) is 0.591. The summed E-state index contributed by atoms with van der Waals surface area (Å²) in [6, 6.07) is 0. The van der Waals surface area contributed by atoms with E-state index in [1.165, 1.54) is 0 Å². The molecule has 0 bridgehead atoms. The summed E-state index contributed by atoms with van der Waals surface area (Å²) in [4.78, 5) is 20.4. The highest BCUT2D eigenvalue weighted by molar-refractivity contribution is 7.95. The van der Waals surface area contributed by atoms with Crippen LogP contribution in [0.25, 0.3) is 0 Å². The predicted octanol–water partition coefficient (Wildman–Crippen LogP) is -1.09. The van der Waals surface area contributed by atoms with Crippen molar-refractivity contribution >= 4 is 27.7 Å². The van der Waals surface area contributed by atoms with E-state index >= 15 is 0 Å². The van der Waals surface area contributed by atoms with Crippen molar-refractivity contribution in [2.24, 2.45) is 4.40 Å². The topological polar surface area (TPSA) is 110 Å². The second-order valence-corrected chi connectivity index (χ2v) is 3.83. The van der Waals surface area contributed by atoms with Gasteiger partial charge in [0.1, 0.15) is 0 Å². The molecule has 0 aromatic rings. The van der Waals surface area contributed by atoms with Crippen LogP contribution in [-0.4, -0.2) is 38.3 Å². The average Bonchev–Trinajstić information content (AvgIpc) is 2.40. The Bertz CT molecular complexity index is 457. The van der Waals surface area contributed by atoms with Crippen molar-refractivity contribution in [3.05, 3.63) is 11.0 Å². The summed E-state index contributed by atoms with van der Waals surface area (Å²) in [5.41, 5.74) is -0.703. The smallest absolute Gasteiger partial charge is 0.355 e. The van der Waals surface area contributed by atoms with E-state index in [1.807, 2.05) is 0 Å². The number of carboxylic acid groups (broad SMARTS) is 1. The summed E-state index contributed by atoms with van der Waals surface area (Å²) >= 11 is 0. The second kappa shape index (κ2) is 3.22. The number of hydrogen-bond donors (Lipinski definition) is 1. The monoisotopic (exact) mass is 219 g/mol. The Labute approximate surface area is 78.8 Å². The Hall–Kier alpha value is -1.70. The van der Waals surface area contributed by atoms with Gasteiger partial charge in [0.25, 0.3) is 10.0 Å². The number of sulfonamides is 1. The minimum atomic E-state index is -4.20. The molecule has 0 fully saturated rings. The molecule has 0 unspecified atom stereocenters. The van der Waals surface area contributed by atoms with Gasteiger partial charge in [-0.3, -0.25) is 0 Å². The molecule has 1 aliphatic heterocycles. The molecule has 7 nitrogen and oxygen atoms in total. The van der Waals surface area contributed by atoms with E-state index in [2.05, 4.69) is 9.13 Å². The summed E-state index contributed by atoms with van der Waals surface area (Å²) < 4.78 is 29.1. The molecule has 0 aromatic carbocycles. The van der Waals surface area contributed by atoms with E-state index in [0.717, 1.165) is 7.11 Å². The molecule has 76 valence electrons. The van der Waals surface area contributed by atoms with Crippen molar-refractivity contribution in [2.75, 3.05) is 7.11 Å². The highest BCUT2D eigenvalue weighted by atomic mass is 32.2. The number of esters is 1. The number of carbonyl (C=O) groups excluding carboxylic acids is 1. The molecule has 14 heavy (non-hydrogen) atoms. The van der Waals surface area contributed by atoms with Gasteiger partial charge in [-0.25, -0.2) is 9.59 Å². The van der Waals surface area contributed by atoms with Crippen LogP contribution in [0.1, 0.15) is 0 Å². The van der Waals surface area contributed by atoms with Gasteiger partial charge in [-0.1, -0.05) is 0 Å². The lowest BCUT2D eigenvalue weighted by atomic mass is 10.3. The molecular formula is C6H5NO6S. The first-order valence-electron chi connectivity index (χ1n) is 3.27. The minimum Gasteiger partial charge on any atom is -0.476 e. The first-order chi connectivity index (χ1) is 6.38. The number of hydrogen-bond acceptors (Lipinski definition) is 5. The third-order valence-corrected chi connectivity index (χ3v) is 2.65. The molecule has 1 heterocycles. The van der Waals surface area contributed by atoms with Crippen molar-refractivity contribution in [2.45, 2.75) is 0 Å². The van der Waals surface area contributed by atoms with Crippen LogP contribution in [0.15, 0.2) is 15.4 Å². The molecule has 0 aliphatic carbocycles. The van der Waals surface area contributed by atoms with Gasteiger partial charge < -0.3 is 9.84 Å². The number of ether oxygens (including phenoxy) is 1. The van der Waals surface area contributed by atoms with Crippen LogP contribution >= 0.6 is 0 Å². The predicted molar refractivity (Wildman–Crippen MR) is 44.1 cm³/mol. The van der Waals surface area contributed by atoms with Gasteiger partial charge in [0, 0.05) is 6.08 Å². The molecule has 1 aliphatic rings. The van der Waals surface area contributed by atoms with Crippen molar-refractivity contribution in [1.29, 1.82) is 0 Å². The first kappa shape index (κ1) is 10.4. The van der Waals surface area contributed by atoms with Gasteiger partial charge in [0.15, 0.2) is 10.6 Å². The van der Waals surface area contributed by atoms with Crippen LogP contribution in [0.3, 0.4) is 0 Å². The van der Waals surface area contributed by atoms with Crippen LogP contribution in [0.4, 0.5) is 0 Å². The van der Waals surface area contributed by atoms with Crippen LogP contribution in [-0.2, 0) is 24.3 Å². The van der Waals surface area contributed by atoms with Crippen molar-refractivity contribution in [3.63, 3.8) is 0 Å². The maximum atomic E-state index is 11.1. The van der Waals surface area contributed by atoms with E-state index in [1.54, 1.807) is 0 Å². The molecule has 0 amide bonds. The Morgan fingerprint density at radius 1 is 1.50 bits per heavy atom. The standard InChI is InChI=1S/C6H5NO6S/c1-13-6(10)4-2-3(5(8)9)7-14(4,11)12/h2H,1H3,(H,8,9). The molecule has 0 aromatic heterocycles. The maximum absolute atomic E-state index is 11.1. The molecule has 1 rings (SSSR count). The van der Waals surface area contributed by atoms with Crippen molar-refractivity contribution in [3.8, 4) is 0 Å². The Morgan fingerprint density at radius 3 is 2.43 bits per heavy atom. The van der Waals surface area contributed by atoms with E-state index in [9.17, 15) is 18.0 Å². The normalized spacial score (nSPS) is 18.4. The Morgan fingerprint density at radius 2 is 2.07 bits per heavy atom. The SMILES string of the molecule is COC(=O)C1=CC(C(=O)O)=NS1(=O)=O. The van der Waals surface area contributed by atoms with E-state index in [4.69, 9.17) is 5.11 Å². The van der Waals surface area contributed by atoms with Gasteiger partial charge in [0.05, 0.1) is 7.11 Å². The number of methoxy groups -OCH3 is 1. The summed E-state index contributed by atoms with van der Waals surface area (Å²) in [5.74, 6) is -2.66. The summed E-state index contributed by atoms with van der Waals surface area (Å²) in [6.07, 6.45) is 0.656. The number of aliphatic carboxylic acids is 1. The highest BCUT2D eigenvalue weighted by Gasteiger charge is 2.33. The third-order valence-electron chi connectivity index (χ3n) is 1.37. The fourth-order valence-corrected chi connectivity index (χ4v) is 1.81. The zero-order valence-electron chi connectivity index (χ0n) is 6.92. The van der Waals surface area contributed by atoms with E-state index in [-0.39, 0.29) is 0 Å².